The fraction of sp³-hybridized carbons (Fsp3) is 0.292. The molecule has 2 aliphatic heterocycles. The number of fused-ring (bicyclic) bond motifs is 2. The second-order valence-corrected chi connectivity index (χ2v) is 22.9. The van der Waals surface area contributed by atoms with Crippen molar-refractivity contribution in [3.05, 3.63) is 140 Å². The van der Waals surface area contributed by atoms with Crippen LogP contribution in [0.4, 0.5) is 11.4 Å². The minimum absolute atomic E-state index is 0.00373. The zero-order valence-corrected chi connectivity index (χ0v) is 44.2. The van der Waals surface area contributed by atoms with Gasteiger partial charge in [0.1, 0.15) is 33.8 Å². The number of hydrogen-bond donors (Lipinski definition) is 3. The maximum atomic E-state index is 13.0. The Hall–Kier alpha value is -4.98. The van der Waals surface area contributed by atoms with Crippen LogP contribution in [-0.4, -0.2) is 67.1 Å². The molecule has 2 unspecified atom stereocenters. The summed E-state index contributed by atoms with van der Waals surface area (Å²) < 4.78 is 76.0. The van der Waals surface area contributed by atoms with E-state index in [1.54, 1.807) is 54.7 Å². The van der Waals surface area contributed by atoms with Gasteiger partial charge in [0, 0.05) is 25.3 Å². The highest BCUT2D eigenvalue weighted by Crippen LogP contribution is 2.36. The maximum Gasteiger partial charge on any atom is 0.286 e. The lowest BCUT2D eigenvalue weighted by molar-refractivity contribution is -0.113. The number of ether oxygens (including phenoxy) is 1. The molecule has 360 valence electrons. The molecule has 2 aromatic heterocycles. The molecule has 4 heterocycles. The molecule has 16 nitrogen and oxygen atoms in total. The van der Waals surface area contributed by atoms with Crippen LogP contribution in [0.2, 0.25) is 0 Å². The minimum Gasteiger partial charge on any atom is -0.508 e. The highest BCUT2D eigenvalue weighted by Gasteiger charge is 2.32. The predicted molar refractivity (Wildman–Crippen MR) is 279 cm³/mol. The molecular formula is C48H45BrI2N6O10S2. The van der Waals surface area contributed by atoms with Gasteiger partial charge < -0.3 is 29.3 Å². The summed E-state index contributed by atoms with van der Waals surface area (Å²) in [6.07, 6.45) is 12.1. The number of phenolic OH excluding ortho intramolecular Hbond substituents is 1. The van der Waals surface area contributed by atoms with E-state index in [9.17, 15) is 31.5 Å². The van der Waals surface area contributed by atoms with Crippen molar-refractivity contribution < 1.29 is 45.1 Å². The Morgan fingerprint density at radius 3 is 1.62 bits per heavy atom. The Morgan fingerprint density at radius 2 is 1.19 bits per heavy atom. The van der Waals surface area contributed by atoms with Crippen LogP contribution in [0, 0.1) is 19.0 Å². The van der Waals surface area contributed by atoms with Crippen molar-refractivity contribution in [2.75, 3.05) is 22.6 Å². The van der Waals surface area contributed by atoms with Gasteiger partial charge in [0.2, 0.25) is 11.8 Å². The summed E-state index contributed by atoms with van der Waals surface area (Å²) in [6, 6.07) is 24.1. The molecular weight excluding hydrogens is 1220 g/mol. The first kappa shape index (κ1) is 50.4. The van der Waals surface area contributed by atoms with E-state index in [2.05, 4.69) is 45.3 Å². The molecule has 69 heavy (non-hydrogen) atoms. The summed E-state index contributed by atoms with van der Waals surface area (Å²) in [5.41, 5.74) is 2.32. The number of nitrogens with one attached hydrogen (secondary N) is 2. The highest BCUT2D eigenvalue weighted by atomic mass is 127. The first-order valence-electron chi connectivity index (χ1n) is 21.9. The van der Waals surface area contributed by atoms with Gasteiger partial charge in [0.15, 0.2) is 23.2 Å². The number of Topliss-reactive ketones (excluding diaryl/α,β-unsaturated/α-hetero) is 2. The fourth-order valence-electron chi connectivity index (χ4n) is 7.31. The summed E-state index contributed by atoms with van der Waals surface area (Å²) in [5.74, 6) is 1.51. The SMILES string of the molecule is BrCC1CC1.O=C(CCC(c1cccc(O)c1)c1ncco1)C1=NS(=O)(=O)c2cc(I)ccc2N1.O=C(CCC(c1cccc(OCC2CC2)c1)c1ncco1)C1=NS(=O)(=O)c2cc(I)ccc2N1. The van der Waals surface area contributed by atoms with Crippen LogP contribution in [-0.2, 0) is 29.6 Å². The number of sulfonamides is 2. The molecule has 2 saturated carbocycles. The van der Waals surface area contributed by atoms with E-state index < -0.39 is 31.6 Å². The zero-order valence-electron chi connectivity index (χ0n) is 36.6. The van der Waals surface area contributed by atoms with E-state index in [4.69, 9.17) is 13.6 Å². The number of aromatic nitrogens is 2. The number of hydrogen-bond acceptors (Lipinski definition) is 14. The van der Waals surface area contributed by atoms with Crippen LogP contribution in [0.3, 0.4) is 0 Å². The number of phenols is 1. The van der Waals surface area contributed by atoms with Gasteiger partial charge in [-0.25, -0.2) is 9.97 Å². The Bertz CT molecular complexity index is 3110. The molecule has 0 amide bonds. The lowest BCUT2D eigenvalue weighted by Gasteiger charge is -2.19. The monoisotopic (exact) mass is 1260 g/mol. The van der Waals surface area contributed by atoms with Crippen molar-refractivity contribution in [3.63, 3.8) is 0 Å². The number of nitrogens with zero attached hydrogens (tertiary/aromatic N) is 4. The fourth-order valence-corrected chi connectivity index (χ4v) is 11.7. The smallest absolute Gasteiger partial charge is 0.286 e. The Morgan fingerprint density at radius 1 is 0.696 bits per heavy atom. The van der Waals surface area contributed by atoms with Gasteiger partial charge in [-0.1, -0.05) is 40.2 Å². The summed E-state index contributed by atoms with van der Waals surface area (Å²) in [6.45, 7) is 0.700. The number of alkyl halides is 1. The first-order valence-corrected chi connectivity index (χ1v) is 28.1. The minimum atomic E-state index is -3.96. The second-order valence-electron chi connectivity index (χ2n) is 16.6. The second kappa shape index (κ2) is 22.4. The molecule has 2 atom stereocenters. The van der Waals surface area contributed by atoms with Crippen molar-refractivity contribution in [2.45, 2.75) is 73.0 Å². The third kappa shape index (κ3) is 13.5. The number of carbonyl (C=O) groups is 2. The van der Waals surface area contributed by atoms with E-state index >= 15 is 0 Å². The van der Waals surface area contributed by atoms with Crippen molar-refractivity contribution in [1.82, 2.24) is 9.97 Å². The van der Waals surface area contributed by atoms with Crippen LogP contribution < -0.4 is 15.4 Å². The summed E-state index contributed by atoms with van der Waals surface area (Å²) in [4.78, 5) is 34.3. The van der Waals surface area contributed by atoms with Gasteiger partial charge in [-0.2, -0.15) is 16.8 Å². The van der Waals surface area contributed by atoms with Gasteiger partial charge in [-0.3, -0.25) is 9.59 Å². The number of amidine groups is 2. The average molecular weight is 1260 g/mol. The first-order chi connectivity index (χ1) is 33.2. The van der Waals surface area contributed by atoms with E-state index in [-0.39, 0.29) is 51.9 Å². The van der Waals surface area contributed by atoms with Crippen molar-refractivity contribution in [1.29, 1.82) is 0 Å². The summed E-state index contributed by atoms with van der Waals surface area (Å²) in [5, 5.41) is 16.7. The largest absolute Gasteiger partial charge is 0.508 e. The molecule has 4 aromatic carbocycles. The van der Waals surface area contributed by atoms with E-state index in [0.717, 1.165) is 29.9 Å². The maximum absolute atomic E-state index is 13.0. The summed E-state index contributed by atoms with van der Waals surface area (Å²) >= 11 is 7.42. The number of aromatic hydroxyl groups is 1. The van der Waals surface area contributed by atoms with Gasteiger partial charge in [0.25, 0.3) is 20.0 Å². The molecule has 3 N–H and O–H groups in total. The molecule has 0 spiro atoms. The number of ketones is 2. The molecule has 0 bridgehead atoms. The number of carbonyl (C=O) groups excluding carboxylic acids is 2. The Kier molecular flexibility index (Phi) is 16.4. The van der Waals surface area contributed by atoms with Gasteiger partial charge >= 0.3 is 0 Å². The lowest BCUT2D eigenvalue weighted by atomic mass is 9.92. The zero-order chi connectivity index (χ0) is 48.7. The molecule has 0 radical (unpaired) electrons. The molecule has 4 aliphatic rings. The average Bonchev–Trinajstić information content (AvgIpc) is 4.23. The number of benzene rings is 4. The molecule has 21 heteroatoms. The normalized spacial score (nSPS) is 17.0. The van der Waals surface area contributed by atoms with Crippen LogP contribution in [0.25, 0.3) is 0 Å². The third-order valence-electron chi connectivity index (χ3n) is 11.4. The van der Waals surface area contributed by atoms with E-state index in [0.29, 0.717) is 48.5 Å². The van der Waals surface area contributed by atoms with Gasteiger partial charge in [0.05, 0.1) is 42.2 Å². The lowest BCUT2D eigenvalue weighted by Crippen LogP contribution is -2.29. The molecule has 0 saturated heterocycles. The number of anilines is 2. The van der Waals surface area contributed by atoms with Crippen LogP contribution in [0.5, 0.6) is 11.5 Å². The van der Waals surface area contributed by atoms with Crippen molar-refractivity contribution >= 4 is 116 Å². The molecule has 10 rings (SSSR count). The topological polar surface area (TPSA) is 233 Å². The standard InChI is InChI=1S/C24H22IN3O5S.C20H16IN3O5S.C4H7Br/c25-17-6-8-20-22(13-17)34(30,31)28-23(27-20)21(29)9-7-19(24-26-10-11-32-24)16-2-1-3-18(12-16)33-14-15-4-5-15;21-13-4-6-16-18(11-13)30(27,28)24-19(23-16)17(26)7-5-15(20-22-8-9-29-20)12-2-1-3-14(25)10-12;5-3-4-1-2-4/h1-3,6,8,10-13,15,19H,4-5,7,9,14H2,(H,27,28);1-4,6,8-11,15,25H,5,7H2,(H,23,24);4H,1-3H2. The highest BCUT2D eigenvalue weighted by molar-refractivity contribution is 14.1. The van der Waals surface area contributed by atoms with Crippen molar-refractivity contribution in [2.24, 2.45) is 20.6 Å². The van der Waals surface area contributed by atoms with Crippen LogP contribution in [0.15, 0.2) is 137 Å². The van der Waals surface area contributed by atoms with Crippen LogP contribution >= 0.6 is 61.1 Å². The van der Waals surface area contributed by atoms with E-state index in [1.165, 1.54) is 61.9 Å². The van der Waals surface area contributed by atoms with E-state index in [1.807, 2.05) is 69.4 Å². The number of oxazole rings is 2. The molecule has 2 aliphatic carbocycles. The van der Waals surface area contributed by atoms with Gasteiger partial charge in [-0.15, -0.1) is 8.80 Å². The number of rotatable bonds is 16. The van der Waals surface area contributed by atoms with Gasteiger partial charge in [-0.05, 0) is 167 Å². The quantitative estimate of drug-likeness (QED) is 0.0605. The number of halogens is 3. The predicted octanol–water partition coefficient (Wildman–Crippen LogP) is 10.2. The van der Waals surface area contributed by atoms with Crippen LogP contribution in [0.1, 0.15) is 86.1 Å². The Balaban J connectivity index is 0.000000170. The van der Waals surface area contributed by atoms with Crippen molar-refractivity contribution in [3.8, 4) is 11.5 Å². The summed E-state index contributed by atoms with van der Waals surface area (Å²) in [7, 11) is -7.92. The Labute approximate surface area is 434 Å². The molecule has 2 fully saturated rings. The molecule has 6 aromatic rings. The third-order valence-corrected chi connectivity index (χ3v) is 16.2.